The number of aliphatic carboxylic acids is 1. The molecule has 0 spiro atoms. The molecule has 0 aliphatic carbocycles. The van der Waals surface area contributed by atoms with Crippen molar-refractivity contribution in [1.29, 1.82) is 5.39 Å². The van der Waals surface area contributed by atoms with Crippen LogP contribution in [0.3, 0.4) is 0 Å². The Morgan fingerprint density at radius 3 is 1.78 bits per heavy atom. The fraction of sp³-hybridized carbons (Fsp3) is 0.500. The summed E-state index contributed by atoms with van der Waals surface area (Å²) < 4.78 is 0. The Hall–Kier alpha value is -0.244. The Labute approximate surface area is 68.7 Å². The number of hydrogen-bond acceptors (Lipinski definition) is 3. The fourth-order valence-corrected chi connectivity index (χ4v) is 0. The minimum atomic E-state index is -0.833. The topological polar surface area (TPSA) is 88.5 Å². The third-order valence-corrected chi connectivity index (χ3v) is 0. The van der Waals surface area contributed by atoms with E-state index in [1.54, 1.807) is 0 Å². The maximum atomic E-state index is 9.00. The Morgan fingerprint density at radius 1 is 1.78 bits per heavy atom. The molecule has 0 aromatic heterocycles. The molecule has 0 amide bonds. The van der Waals surface area contributed by atoms with Crippen molar-refractivity contribution in [3.63, 3.8) is 0 Å². The first-order chi connectivity index (χ1) is 3.15. The number of carbonyl (C=O) groups is 1. The molecule has 9 heavy (non-hydrogen) atoms. The van der Waals surface area contributed by atoms with Gasteiger partial charge in [0.05, 0.1) is 0 Å². The zero-order valence-electron chi connectivity index (χ0n) is 4.37. The average Bonchev–Trinajstić information content (AvgIpc) is 1.33. The van der Waals surface area contributed by atoms with Crippen molar-refractivity contribution in [2.24, 2.45) is 0 Å². The van der Waals surface area contributed by atoms with E-state index in [0.717, 1.165) is 6.92 Å². The molecule has 0 radical (unpaired) electrons. The van der Waals surface area contributed by atoms with Gasteiger partial charge in [0.15, 0.2) is 0 Å². The summed E-state index contributed by atoms with van der Waals surface area (Å²) in [5.41, 5.74) is 0. The van der Waals surface area contributed by atoms with Crippen LogP contribution in [0, 0.1) is 10.6 Å². The summed E-state index contributed by atoms with van der Waals surface area (Å²) in [6.07, 6.45) is 0. The number of carboxylic acid groups (broad SMARTS) is 1. The second kappa shape index (κ2) is 25.1. The molecule has 0 saturated carbocycles. The van der Waals surface area contributed by atoms with Crippen LogP contribution >= 0.6 is 9.90 Å². The summed E-state index contributed by atoms with van der Waals surface area (Å²) in [4.78, 5) is 9.00. The normalized spacial score (nSPS) is 3.56. The van der Waals surface area contributed by atoms with Gasteiger partial charge in [-0.3, -0.25) is 4.79 Å². The third-order valence-electron chi connectivity index (χ3n) is 0. The second-order valence-corrected chi connectivity index (χ2v) is 0.601. The molecule has 0 rings (SSSR count). The number of carboxylic acids is 1. The Kier molecular flexibility index (Phi) is 64.9. The van der Waals surface area contributed by atoms with Crippen molar-refractivity contribution in [3.05, 3.63) is 10.3 Å². The van der Waals surface area contributed by atoms with Gasteiger partial charge < -0.3 is 10.3 Å². The zero-order chi connectivity index (χ0) is 6.28. The first-order valence-electron chi connectivity index (χ1n) is 1.31. The van der Waals surface area contributed by atoms with Crippen LogP contribution in [0.4, 0.5) is 0 Å². The third kappa shape index (κ3) is 4330. The van der Waals surface area contributed by atoms with Gasteiger partial charge in [0.25, 0.3) is 5.97 Å². The van der Waals surface area contributed by atoms with Crippen LogP contribution in [0.25, 0.3) is 5.14 Å². The van der Waals surface area contributed by atoms with E-state index in [0.29, 0.717) is 0 Å². The van der Waals surface area contributed by atoms with E-state index < -0.39 is 5.97 Å². The predicted molar refractivity (Wildman–Crippen MR) is 42.8 cm³/mol. The van der Waals surface area contributed by atoms with Crippen molar-refractivity contribution in [2.75, 3.05) is 0 Å². The van der Waals surface area contributed by atoms with Crippen LogP contribution < -0.4 is 0 Å². The molecule has 0 heterocycles. The van der Waals surface area contributed by atoms with Gasteiger partial charge in [-0.1, -0.05) is 0 Å². The van der Waals surface area contributed by atoms with Crippen LogP contribution in [0.1, 0.15) is 6.92 Å². The molecule has 54 valence electrons. The molecule has 0 aromatic rings. The maximum absolute atomic E-state index is 9.00. The first-order valence-corrected chi connectivity index (χ1v) is 1.31. The Balaban J connectivity index is -0.0000000233. The summed E-state index contributed by atoms with van der Waals surface area (Å²) in [6.45, 7) is 1.08. The van der Waals surface area contributed by atoms with E-state index in [1.807, 2.05) is 0 Å². The molecule has 1 atom stereocenters. The van der Waals surface area contributed by atoms with Gasteiger partial charge in [-0.15, -0.1) is 0 Å². The van der Waals surface area contributed by atoms with Crippen molar-refractivity contribution in [1.82, 2.24) is 0 Å². The summed E-state index contributed by atoms with van der Waals surface area (Å²) in [5.74, 6) is -0.833. The number of hydrogen-bond donors (Lipinski definition) is 1. The quantitative estimate of drug-likeness (QED) is 0.248. The van der Waals surface area contributed by atoms with Crippen LogP contribution in [-0.4, -0.2) is 30.9 Å². The van der Waals surface area contributed by atoms with Gasteiger partial charge in [0, 0.05) is 6.92 Å². The van der Waals surface area contributed by atoms with Crippen LogP contribution in [-0.2, 0) is 4.79 Å². The minimum absolute atomic E-state index is 0. The van der Waals surface area contributed by atoms with Gasteiger partial charge in [-0.25, -0.2) is 0 Å². The van der Waals surface area contributed by atoms with Crippen molar-refractivity contribution < 1.29 is 9.90 Å². The molecule has 0 aliphatic heterocycles. The molecule has 7 heteroatoms. The van der Waals surface area contributed by atoms with Crippen LogP contribution in [0.2, 0.25) is 0 Å². The van der Waals surface area contributed by atoms with Crippen molar-refractivity contribution in [3.8, 4) is 0 Å². The van der Waals surface area contributed by atoms with Gasteiger partial charge >= 0.3 is 19.8 Å². The first kappa shape index (κ1) is 23.3. The number of diazo groups is 1. The van der Waals surface area contributed by atoms with Gasteiger partial charge in [-0.2, -0.15) is 9.90 Å². The van der Waals surface area contributed by atoms with E-state index in [1.165, 1.54) is 5.14 Å². The van der Waals surface area contributed by atoms with E-state index in [-0.39, 0.29) is 29.7 Å². The summed E-state index contributed by atoms with van der Waals surface area (Å²) in [5, 5.41) is 23.4. The fourth-order valence-electron chi connectivity index (χ4n) is 0. The van der Waals surface area contributed by atoms with E-state index in [2.05, 4.69) is 0 Å². The summed E-state index contributed by atoms with van der Waals surface area (Å²) in [6, 6.07) is 0. The number of rotatable bonds is 0. The number of nitrogens with zero attached hydrogens (tertiary/aromatic N) is 2. The summed E-state index contributed by atoms with van der Waals surface area (Å²) >= 11 is 0. The molecule has 5 nitrogen and oxygen atoms in total. The second-order valence-electron chi connectivity index (χ2n) is 0.601. The van der Waals surface area contributed by atoms with E-state index >= 15 is 0 Å². The molecule has 0 saturated heterocycles. The van der Waals surface area contributed by atoms with E-state index in [4.69, 9.17) is 20.5 Å². The molecular weight excluding hydrogens is 201 g/mol. The monoisotopic (exact) mass is 210 g/mol. The molecule has 0 bridgehead atoms. The average molecular weight is 211 g/mol. The molecule has 0 aliphatic rings. The summed E-state index contributed by atoms with van der Waals surface area (Å²) in [7, 11) is 0. The van der Waals surface area contributed by atoms with Gasteiger partial charge in [-0.05, 0) is 0 Å². The van der Waals surface area contributed by atoms with Crippen molar-refractivity contribution >= 4 is 35.7 Å². The van der Waals surface area contributed by atoms with E-state index in [9.17, 15) is 0 Å². The molecule has 1 unspecified atom stereocenters. The SMILES string of the molecule is CC(=O)O.N#[N+][O-].P.[GaH3]. The zero-order valence-corrected chi connectivity index (χ0v) is 5.78. The molecule has 1 N–H and O–H groups in total. The molecule has 0 aromatic carbocycles. The Bertz CT molecular complexity index is 88.3. The molecule has 0 fully saturated rings. The van der Waals surface area contributed by atoms with Crippen LogP contribution in [0.5, 0.6) is 0 Å². The molecular formula is C2H10GaN2O3P. The Morgan fingerprint density at radius 2 is 1.78 bits per heavy atom. The van der Waals surface area contributed by atoms with Gasteiger partial charge in [0.2, 0.25) is 10.5 Å². The van der Waals surface area contributed by atoms with Gasteiger partial charge in [0.1, 0.15) is 0 Å². The predicted octanol–water partition coefficient (Wildman–Crippen LogP) is -0.698. The standard InChI is InChI=1S/C2H4O2.Ga.N2O.H3P.3H/c1-2(3)4;;1-2-3;;;;/h1H3,(H,3,4);;;1H3;;;. The van der Waals surface area contributed by atoms with Crippen molar-refractivity contribution in [2.45, 2.75) is 6.92 Å². The van der Waals surface area contributed by atoms with Crippen LogP contribution in [0.15, 0.2) is 0 Å².